The quantitative estimate of drug-likeness (QED) is 0.868. The molecule has 0 radical (unpaired) electrons. The molecule has 0 aliphatic carbocycles. The van der Waals surface area contributed by atoms with Crippen molar-refractivity contribution in [1.29, 1.82) is 0 Å². The molecule has 0 spiro atoms. The van der Waals surface area contributed by atoms with Gasteiger partial charge in [-0.25, -0.2) is 12.8 Å². The lowest BCUT2D eigenvalue weighted by Gasteiger charge is -2.18. The minimum atomic E-state index is -4.66. The van der Waals surface area contributed by atoms with Crippen LogP contribution in [-0.4, -0.2) is 20.4 Å². The van der Waals surface area contributed by atoms with Gasteiger partial charge < -0.3 is 5.73 Å². The Morgan fingerprint density at radius 2 is 1.89 bits per heavy atom. The molecule has 1 rings (SSSR count). The van der Waals surface area contributed by atoms with Gasteiger partial charge in [0.05, 0.1) is 11.3 Å². The molecular formula is C11H13F4NO2S. The van der Waals surface area contributed by atoms with Crippen molar-refractivity contribution >= 4 is 9.84 Å². The molecular weight excluding hydrogens is 286 g/mol. The number of hydrogen-bond donors (Lipinski definition) is 1. The van der Waals surface area contributed by atoms with Crippen LogP contribution in [0.2, 0.25) is 0 Å². The predicted molar refractivity (Wildman–Crippen MR) is 62.7 cm³/mol. The van der Waals surface area contributed by atoms with Crippen molar-refractivity contribution in [2.24, 2.45) is 5.73 Å². The fourth-order valence-corrected chi connectivity index (χ4v) is 2.28. The molecule has 2 N–H and O–H groups in total. The highest BCUT2D eigenvalue weighted by molar-refractivity contribution is 7.90. The first-order valence-electron chi connectivity index (χ1n) is 5.30. The first-order chi connectivity index (χ1) is 8.50. The van der Waals surface area contributed by atoms with E-state index in [1.807, 2.05) is 0 Å². The molecule has 1 aromatic carbocycles. The van der Waals surface area contributed by atoms with Gasteiger partial charge in [-0.15, -0.1) is 0 Å². The summed E-state index contributed by atoms with van der Waals surface area (Å²) < 4.78 is 73.1. The summed E-state index contributed by atoms with van der Waals surface area (Å²) in [6.45, 7) is 0. The Balaban J connectivity index is 3.07. The minimum Gasteiger partial charge on any atom is -0.324 e. The van der Waals surface area contributed by atoms with E-state index >= 15 is 0 Å². The van der Waals surface area contributed by atoms with Crippen LogP contribution in [0.15, 0.2) is 18.2 Å². The maximum absolute atomic E-state index is 13.0. The molecule has 1 aromatic rings. The SMILES string of the molecule is CS(=O)(=O)CCC(N)c1cc(F)ccc1C(F)(F)F. The fraction of sp³-hybridized carbons (Fsp3) is 0.455. The summed E-state index contributed by atoms with van der Waals surface area (Å²) in [5.41, 5.74) is 4.06. The molecule has 0 saturated carbocycles. The van der Waals surface area contributed by atoms with E-state index < -0.39 is 39.0 Å². The molecule has 0 amide bonds. The van der Waals surface area contributed by atoms with E-state index in [2.05, 4.69) is 0 Å². The monoisotopic (exact) mass is 299 g/mol. The first-order valence-corrected chi connectivity index (χ1v) is 7.36. The second-order valence-corrected chi connectivity index (χ2v) is 6.51. The highest BCUT2D eigenvalue weighted by atomic mass is 32.2. The van der Waals surface area contributed by atoms with Gasteiger partial charge in [0.25, 0.3) is 0 Å². The number of alkyl halides is 3. The van der Waals surface area contributed by atoms with Crippen molar-refractivity contribution in [2.75, 3.05) is 12.0 Å². The Morgan fingerprint density at radius 1 is 1.32 bits per heavy atom. The summed E-state index contributed by atoms with van der Waals surface area (Å²) in [6.07, 6.45) is -3.91. The van der Waals surface area contributed by atoms with Crippen LogP contribution in [0.4, 0.5) is 17.6 Å². The third-order valence-electron chi connectivity index (χ3n) is 2.52. The summed E-state index contributed by atoms with van der Waals surface area (Å²) in [5, 5.41) is 0. The lowest BCUT2D eigenvalue weighted by atomic mass is 9.98. The Kier molecular flexibility index (Phi) is 4.57. The van der Waals surface area contributed by atoms with E-state index in [0.717, 1.165) is 6.26 Å². The van der Waals surface area contributed by atoms with Crippen molar-refractivity contribution in [1.82, 2.24) is 0 Å². The van der Waals surface area contributed by atoms with E-state index in [1.54, 1.807) is 0 Å². The van der Waals surface area contributed by atoms with E-state index in [-0.39, 0.29) is 12.2 Å². The smallest absolute Gasteiger partial charge is 0.324 e. The van der Waals surface area contributed by atoms with Crippen molar-refractivity contribution in [2.45, 2.75) is 18.6 Å². The van der Waals surface area contributed by atoms with Crippen LogP contribution in [0, 0.1) is 5.82 Å². The van der Waals surface area contributed by atoms with Crippen LogP contribution in [0.1, 0.15) is 23.6 Å². The number of hydrogen-bond acceptors (Lipinski definition) is 3. The lowest BCUT2D eigenvalue weighted by Crippen LogP contribution is -2.20. The summed E-state index contributed by atoms with van der Waals surface area (Å²) in [7, 11) is -3.34. The second-order valence-electron chi connectivity index (χ2n) is 4.25. The van der Waals surface area contributed by atoms with Gasteiger partial charge in [0.1, 0.15) is 15.7 Å². The Bertz CT molecular complexity index is 554. The standard InChI is InChI=1S/C11H13F4NO2S/c1-19(17,18)5-4-10(16)8-6-7(12)2-3-9(8)11(13,14)15/h2-3,6,10H,4-5,16H2,1H3. The third-order valence-corrected chi connectivity index (χ3v) is 3.50. The van der Waals surface area contributed by atoms with Gasteiger partial charge in [-0.1, -0.05) is 0 Å². The molecule has 0 aliphatic heterocycles. The van der Waals surface area contributed by atoms with Crippen molar-refractivity contribution in [3.63, 3.8) is 0 Å². The lowest BCUT2D eigenvalue weighted by molar-refractivity contribution is -0.138. The average Bonchev–Trinajstić information content (AvgIpc) is 2.23. The van der Waals surface area contributed by atoms with Crippen LogP contribution >= 0.6 is 0 Å². The van der Waals surface area contributed by atoms with Crippen molar-refractivity contribution in [3.05, 3.63) is 35.1 Å². The molecule has 1 atom stereocenters. The van der Waals surface area contributed by atoms with Crippen molar-refractivity contribution < 1.29 is 26.0 Å². The fourth-order valence-electron chi connectivity index (χ4n) is 1.60. The number of rotatable bonds is 4. The van der Waals surface area contributed by atoms with Gasteiger partial charge in [-0.2, -0.15) is 13.2 Å². The Morgan fingerprint density at radius 3 is 2.37 bits per heavy atom. The molecule has 0 aliphatic rings. The number of halogens is 4. The number of sulfone groups is 1. The molecule has 0 aromatic heterocycles. The van der Waals surface area contributed by atoms with Crippen LogP contribution in [0.3, 0.4) is 0 Å². The number of nitrogens with two attached hydrogens (primary N) is 1. The van der Waals surface area contributed by atoms with Crippen LogP contribution < -0.4 is 5.73 Å². The van der Waals surface area contributed by atoms with Gasteiger partial charge in [-0.05, 0) is 30.2 Å². The average molecular weight is 299 g/mol. The molecule has 0 fully saturated rings. The zero-order valence-corrected chi connectivity index (χ0v) is 10.9. The molecule has 108 valence electrons. The molecule has 3 nitrogen and oxygen atoms in total. The third kappa shape index (κ3) is 4.79. The van der Waals surface area contributed by atoms with Crippen molar-refractivity contribution in [3.8, 4) is 0 Å². The van der Waals surface area contributed by atoms with Gasteiger partial charge in [0.2, 0.25) is 0 Å². The maximum Gasteiger partial charge on any atom is 0.416 e. The summed E-state index contributed by atoms with van der Waals surface area (Å²) in [4.78, 5) is 0. The Hall–Kier alpha value is -1.15. The van der Waals surface area contributed by atoms with E-state index in [0.29, 0.717) is 18.2 Å². The number of benzene rings is 1. The van der Waals surface area contributed by atoms with E-state index in [1.165, 1.54) is 0 Å². The van der Waals surface area contributed by atoms with Gasteiger partial charge >= 0.3 is 6.18 Å². The molecule has 0 bridgehead atoms. The molecule has 0 heterocycles. The largest absolute Gasteiger partial charge is 0.416 e. The predicted octanol–water partition coefficient (Wildman–Crippen LogP) is 2.28. The van der Waals surface area contributed by atoms with Crippen LogP contribution in [-0.2, 0) is 16.0 Å². The zero-order chi connectivity index (χ0) is 14.8. The highest BCUT2D eigenvalue weighted by Crippen LogP contribution is 2.35. The molecule has 19 heavy (non-hydrogen) atoms. The van der Waals surface area contributed by atoms with Gasteiger partial charge in [0.15, 0.2) is 0 Å². The van der Waals surface area contributed by atoms with Crippen LogP contribution in [0.5, 0.6) is 0 Å². The highest BCUT2D eigenvalue weighted by Gasteiger charge is 2.34. The molecule has 8 heteroatoms. The second kappa shape index (κ2) is 5.46. The van der Waals surface area contributed by atoms with E-state index in [4.69, 9.17) is 5.73 Å². The zero-order valence-electron chi connectivity index (χ0n) is 10.0. The topological polar surface area (TPSA) is 60.2 Å². The van der Waals surface area contributed by atoms with Gasteiger partial charge in [0, 0.05) is 12.3 Å². The van der Waals surface area contributed by atoms with Crippen LogP contribution in [0.25, 0.3) is 0 Å². The van der Waals surface area contributed by atoms with E-state index in [9.17, 15) is 26.0 Å². The Labute approximate surface area is 108 Å². The minimum absolute atomic E-state index is 0.203. The first kappa shape index (κ1) is 15.9. The summed E-state index contributed by atoms with van der Waals surface area (Å²) in [5.74, 6) is -1.21. The molecule has 1 unspecified atom stereocenters. The maximum atomic E-state index is 13.0. The normalized spacial score (nSPS) is 14.4. The summed E-state index contributed by atoms with van der Waals surface area (Å²) in [6, 6.07) is 0.790. The summed E-state index contributed by atoms with van der Waals surface area (Å²) >= 11 is 0. The molecule has 0 saturated heterocycles. The van der Waals surface area contributed by atoms with Gasteiger partial charge in [-0.3, -0.25) is 0 Å².